The topological polar surface area (TPSA) is 12.5 Å². The summed E-state index contributed by atoms with van der Waals surface area (Å²) >= 11 is 0. The van der Waals surface area contributed by atoms with Crippen LogP contribution in [0.5, 0.6) is 0 Å². The van der Waals surface area contributed by atoms with Crippen molar-refractivity contribution < 1.29 is 4.74 Å². The summed E-state index contributed by atoms with van der Waals surface area (Å²) in [5.74, 6) is 0. The molecule has 16 heavy (non-hydrogen) atoms. The van der Waals surface area contributed by atoms with E-state index in [0.717, 1.165) is 8.73 Å². The quantitative estimate of drug-likeness (QED) is 0.731. The largest absolute Gasteiger partial charge is 0.351 e. The average Bonchev–Trinajstić information content (AvgIpc) is 2.50. The molecule has 2 rings (SSSR count). The third kappa shape index (κ3) is 2.02. The zero-order valence-corrected chi connectivity index (χ0v) is 11.4. The maximum absolute atomic E-state index is 6.18. The summed E-state index contributed by atoms with van der Waals surface area (Å²) in [6.45, 7) is 8.78. The van der Waals surface area contributed by atoms with Gasteiger partial charge in [-0.1, -0.05) is 39.1 Å². The molecule has 0 radical (unpaired) electrons. The van der Waals surface area contributed by atoms with E-state index in [2.05, 4.69) is 56.4 Å². The van der Waals surface area contributed by atoms with E-state index in [1.807, 2.05) is 6.07 Å². The van der Waals surface area contributed by atoms with Crippen molar-refractivity contribution in [2.45, 2.75) is 38.6 Å². The standard InChI is InChI=1S/C13H20NOP/c1-10-12(11-8-6-5-7-9-11)15-13(2,3)14(10)16-4/h5-10,12,16H,1-4H3/t10-,12+/m1/s1. The van der Waals surface area contributed by atoms with E-state index in [0.29, 0.717) is 6.04 Å². The molecule has 2 nitrogen and oxygen atoms in total. The van der Waals surface area contributed by atoms with Gasteiger partial charge >= 0.3 is 0 Å². The van der Waals surface area contributed by atoms with E-state index in [4.69, 9.17) is 4.74 Å². The maximum Gasteiger partial charge on any atom is 0.120 e. The number of hydrogen-bond donors (Lipinski definition) is 0. The van der Waals surface area contributed by atoms with Crippen LogP contribution in [-0.2, 0) is 4.74 Å². The van der Waals surface area contributed by atoms with Gasteiger partial charge in [-0.2, -0.15) is 0 Å². The lowest BCUT2D eigenvalue weighted by Gasteiger charge is -2.30. The minimum atomic E-state index is -0.146. The number of hydrogen-bond acceptors (Lipinski definition) is 2. The van der Waals surface area contributed by atoms with Crippen LogP contribution >= 0.6 is 8.73 Å². The van der Waals surface area contributed by atoms with Crippen LogP contribution in [0.4, 0.5) is 0 Å². The summed E-state index contributed by atoms with van der Waals surface area (Å²) in [7, 11) is 0.782. The fourth-order valence-corrected chi connectivity index (χ4v) is 3.69. The second kappa shape index (κ2) is 4.44. The molecule has 1 aromatic carbocycles. The molecule has 0 spiro atoms. The normalized spacial score (nSPS) is 30.2. The Hall–Kier alpha value is -0.430. The Labute approximate surface area is 99.8 Å². The van der Waals surface area contributed by atoms with Crippen molar-refractivity contribution in [1.82, 2.24) is 4.67 Å². The van der Waals surface area contributed by atoms with E-state index >= 15 is 0 Å². The SMILES string of the molecule is CPN1[C@H](C)[C@@H](c2ccccc2)OC1(C)C. The van der Waals surface area contributed by atoms with E-state index in [-0.39, 0.29) is 11.8 Å². The first-order valence-corrected chi connectivity index (χ1v) is 7.20. The smallest absolute Gasteiger partial charge is 0.120 e. The monoisotopic (exact) mass is 237 g/mol. The van der Waals surface area contributed by atoms with Crippen LogP contribution in [0.15, 0.2) is 30.3 Å². The molecule has 3 atom stereocenters. The van der Waals surface area contributed by atoms with Crippen LogP contribution < -0.4 is 0 Å². The molecule has 3 heteroatoms. The Morgan fingerprint density at radius 1 is 1.25 bits per heavy atom. The Kier molecular flexibility index (Phi) is 3.34. The highest BCUT2D eigenvalue weighted by molar-refractivity contribution is 7.34. The lowest BCUT2D eigenvalue weighted by molar-refractivity contribution is -0.0493. The van der Waals surface area contributed by atoms with Gasteiger partial charge in [-0.15, -0.1) is 0 Å². The molecule has 1 aromatic rings. The van der Waals surface area contributed by atoms with Crippen LogP contribution in [0, 0.1) is 0 Å². The van der Waals surface area contributed by atoms with Crippen LogP contribution in [0.25, 0.3) is 0 Å². The minimum Gasteiger partial charge on any atom is -0.351 e. The Morgan fingerprint density at radius 3 is 2.38 bits per heavy atom. The molecular formula is C13H20NOP. The van der Waals surface area contributed by atoms with Crippen molar-refractivity contribution in [3.63, 3.8) is 0 Å². The lowest BCUT2D eigenvalue weighted by Crippen LogP contribution is -2.36. The molecule has 0 saturated carbocycles. The maximum atomic E-state index is 6.18. The Bertz CT molecular complexity index is 352. The fraction of sp³-hybridized carbons (Fsp3) is 0.538. The van der Waals surface area contributed by atoms with E-state index in [1.165, 1.54) is 5.56 Å². The molecule has 1 unspecified atom stereocenters. The molecule has 0 bridgehead atoms. The summed E-state index contributed by atoms with van der Waals surface area (Å²) in [6, 6.07) is 11.0. The average molecular weight is 237 g/mol. The Balaban J connectivity index is 2.26. The summed E-state index contributed by atoms with van der Waals surface area (Å²) in [4.78, 5) is 0. The summed E-state index contributed by atoms with van der Waals surface area (Å²) in [5, 5.41) is 0. The third-order valence-corrected chi connectivity index (χ3v) is 4.64. The highest BCUT2D eigenvalue weighted by Gasteiger charge is 2.44. The molecule has 0 N–H and O–H groups in total. The van der Waals surface area contributed by atoms with Gasteiger partial charge in [0.15, 0.2) is 0 Å². The van der Waals surface area contributed by atoms with Crippen molar-refractivity contribution in [1.29, 1.82) is 0 Å². The molecule has 0 amide bonds. The first-order chi connectivity index (χ1) is 7.56. The molecule has 0 aliphatic carbocycles. The first kappa shape index (κ1) is 12.0. The molecular weight excluding hydrogens is 217 g/mol. The van der Waals surface area contributed by atoms with Gasteiger partial charge in [-0.05, 0) is 33.0 Å². The zero-order chi connectivity index (χ0) is 11.8. The molecule has 1 aliphatic heterocycles. The van der Waals surface area contributed by atoms with Gasteiger partial charge in [0.05, 0.1) is 0 Å². The van der Waals surface area contributed by atoms with Gasteiger partial charge in [0, 0.05) is 6.04 Å². The van der Waals surface area contributed by atoms with Crippen molar-refractivity contribution in [2.24, 2.45) is 0 Å². The number of ether oxygens (including phenoxy) is 1. The van der Waals surface area contributed by atoms with Crippen molar-refractivity contribution in [3.05, 3.63) is 35.9 Å². The molecule has 1 aliphatic rings. The van der Waals surface area contributed by atoms with Crippen LogP contribution in [-0.4, -0.2) is 23.1 Å². The van der Waals surface area contributed by atoms with Crippen LogP contribution in [0.1, 0.15) is 32.4 Å². The number of benzene rings is 1. The first-order valence-electron chi connectivity index (χ1n) is 5.76. The second-order valence-electron chi connectivity index (χ2n) is 4.73. The minimum absolute atomic E-state index is 0.146. The third-order valence-electron chi connectivity index (χ3n) is 3.21. The molecule has 0 aromatic heterocycles. The zero-order valence-electron chi connectivity index (χ0n) is 10.4. The van der Waals surface area contributed by atoms with Crippen molar-refractivity contribution in [2.75, 3.05) is 6.66 Å². The predicted octanol–water partition coefficient (Wildman–Crippen LogP) is 3.41. The molecule has 1 saturated heterocycles. The van der Waals surface area contributed by atoms with E-state index < -0.39 is 0 Å². The lowest BCUT2D eigenvalue weighted by atomic mass is 10.0. The summed E-state index contributed by atoms with van der Waals surface area (Å²) in [6.07, 6.45) is 0.198. The van der Waals surface area contributed by atoms with Crippen molar-refractivity contribution >= 4 is 8.73 Å². The highest BCUT2D eigenvalue weighted by atomic mass is 31.1. The van der Waals surface area contributed by atoms with Gasteiger partial charge in [0.2, 0.25) is 0 Å². The molecule has 1 heterocycles. The van der Waals surface area contributed by atoms with Crippen LogP contribution in [0.2, 0.25) is 0 Å². The molecule has 1 fully saturated rings. The van der Waals surface area contributed by atoms with Gasteiger partial charge in [-0.3, -0.25) is 4.67 Å². The Morgan fingerprint density at radius 2 is 1.88 bits per heavy atom. The second-order valence-corrected chi connectivity index (χ2v) is 5.66. The van der Waals surface area contributed by atoms with E-state index in [9.17, 15) is 0 Å². The highest BCUT2D eigenvalue weighted by Crippen LogP contribution is 2.45. The predicted molar refractivity (Wildman–Crippen MR) is 69.9 cm³/mol. The van der Waals surface area contributed by atoms with Gasteiger partial charge in [0.1, 0.15) is 11.8 Å². The fourth-order valence-electron chi connectivity index (χ4n) is 2.55. The summed E-state index contributed by atoms with van der Waals surface area (Å²) < 4.78 is 8.62. The van der Waals surface area contributed by atoms with Gasteiger partial charge in [-0.25, -0.2) is 0 Å². The number of nitrogens with zero attached hydrogens (tertiary/aromatic N) is 1. The van der Waals surface area contributed by atoms with E-state index in [1.54, 1.807) is 0 Å². The van der Waals surface area contributed by atoms with Gasteiger partial charge in [0.25, 0.3) is 0 Å². The number of rotatable bonds is 2. The van der Waals surface area contributed by atoms with Crippen molar-refractivity contribution in [3.8, 4) is 0 Å². The van der Waals surface area contributed by atoms with Crippen LogP contribution in [0.3, 0.4) is 0 Å². The summed E-state index contributed by atoms with van der Waals surface area (Å²) in [5.41, 5.74) is 1.14. The molecule has 88 valence electrons. The van der Waals surface area contributed by atoms with Gasteiger partial charge < -0.3 is 4.74 Å².